The van der Waals surface area contributed by atoms with Crippen LogP contribution in [0.15, 0.2) is 42.2 Å². The molecular weight excluding hydrogens is 258 g/mol. The van der Waals surface area contributed by atoms with Gasteiger partial charge in [-0.05, 0) is 39.7 Å². The van der Waals surface area contributed by atoms with Gasteiger partial charge in [-0.25, -0.2) is 0 Å². The number of hydrogen-bond acceptors (Lipinski definition) is 2. The highest BCUT2D eigenvalue weighted by Crippen LogP contribution is 2.49. The van der Waals surface area contributed by atoms with Gasteiger partial charge >= 0.3 is 0 Å². The van der Waals surface area contributed by atoms with Gasteiger partial charge in [-0.2, -0.15) is 0 Å². The molecular formula is C19H23NO. The first-order valence-electron chi connectivity index (χ1n) is 7.70. The summed E-state index contributed by atoms with van der Waals surface area (Å²) in [4.78, 5) is 4.20. The van der Waals surface area contributed by atoms with Crippen molar-refractivity contribution < 1.29 is 4.74 Å². The molecule has 3 rings (SSSR count). The first kappa shape index (κ1) is 14.1. The predicted octanol–water partition coefficient (Wildman–Crippen LogP) is 5.24. The van der Waals surface area contributed by atoms with Gasteiger partial charge in [0.2, 0.25) is 0 Å². The third-order valence-corrected chi connectivity index (χ3v) is 4.71. The molecule has 0 bridgehead atoms. The zero-order valence-electron chi connectivity index (χ0n) is 13.3. The lowest BCUT2D eigenvalue weighted by Gasteiger charge is -2.28. The summed E-state index contributed by atoms with van der Waals surface area (Å²) in [5.41, 5.74) is 2.58. The molecule has 0 fully saturated rings. The highest BCUT2D eigenvalue weighted by atomic mass is 16.5. The monoisotopic (exact) mass is 281 g/mol. The number of allylic oxidation sites excluding steroid dienone is 2. The Hall–Kier alpha value is -1.83. The second-order valence-corrected chi connectivity index (χ2v) is 6.54. The Bertz CT molecular complexity index is 700. The fourth-order valence-corrected chi connectivity index (χ4v) is 3.18. The quantitative estimate of drug-likeness (QED) is 0.718. The summed E-state index contributed by atoms with van der Waals surface area (Å²) in [6.45, 7) is 8.82. The molecule has 2 heteroatoms. The van der Waals surface area contributed by atoms with E-state index in [9.17, 15) is 0 Å². The summed E-state index contributed by atoms with van der Waals surface area (Å²) in [6.07, 6.45) is 8.15. The molecule has 2 atom stereocenters. The van der Waals surface area contributed by atoms with E-state index in [0.29, 0.717) is 5.92 Å². The lowest BCUT2D eigenvalue weighted by molar-refractivity contribution is 0.0863. The lowest BCUT2D eigenvalue weighted by atomic mass is 9.83. The molecule has 0 unspecified atom stereocenters. The van der Waals surface area contributed by atoms with Gasteiger partial charge in [-0.3, -0.25) is 4.98 Å². The molecule has 0 saturated heterocycles. The van der Waals surface area contributed by atoms with Crippen LogP contribution in [0.25, 0.3) is 10.8 Å². The molecule has 0 saturated carbocycles. The predicted molar refractivity (Wildman–Crippen MR) is 87.9 cm³/mol. The fraction of sp³-hybridized carbons (Fsp3) is 0.421. The molecule has 1 aromatic carbocycles. The Morgan fingerprint density at radius 1 is 1.33 bits per heavy atom. The van der Waals surface area contributed by atoms with E-state index in [0.717, 1.165) is 24.0 Å². The highest BCUT2D eigenvalue weighted by Gasteiger charge is 2.41. The van der Waals surface area contributed by atoms with E-state index in [1.807, 2.05) is 12.4 Å². The van der Waals surface area contributed by atoms with Gasteiger partial charge in [0, 0.05) is 34.6 Å². The van der Waals surface area contributed by atoms with Crippen molar-refractivity contribution in [2.45, 2.75) is 52.1 Å². The topological polar surface area (TPSA) is 22.1 Å². The van der Waals surface area contributed by atoms with Crippen molar-refractivity contribution in [1.82, 2.24) is 4.98 Å². The molecule has 1 aromatic heterocycles. The standard InChI is InChI=1S/C19H23NO/c1-13(2)6-5-10-19(4)14(3)16-8-7-15-12-20-11-9-17(15)18(16)21-19/h6-9,11-12,14H,5,10H2,1-4H3/t14-,19-/m0/s1. The molecule has 21 heavy (non-hydrogen) atoms. The maximum atomic E-state index is 6.44. The van der Waals surface area contributed by atoms with E-state index in [1.54, 1.807) is 0 Å². The van der Waals surface area contributed by atoms with Crippen LogP contribution in [0.1, 0.15) is 52.0 Å². The number of rotatable bonds is 3. The first-order valence-corrected chi connectivity index (χ1v) is 7.70. The van der Waals surface area contributed by atoms with Gasteiger partial charge in [-0.15, -0.1) is 0 Å². The minimum atomic E-state index is -0.119. The zero-order chi connectivity index (χ0) is 15.0. The van der Waals surface area contributed by atoms with Gasteiger partial charge in [0.1, 0.15) is 11.4 Å². The van der Waals surface area contributed by atoms with E-state index in [4.69, 9.17) is 4.74 Å². The summed E-state index contributed by atoms with van der Waals surface area (Å²) in [6, 6.07) is 6.42. The molecule has 2 nitrogen and oxygen atoms in total. The van der Waals surface area contributed by atoms with Crippen LogP contribution in [0, 0.1) is 0 Å². The first-order chi connectivity index (χ1) is 10.0. The van der Waals surface area contributed by atoms with E-state index < -0.39 is 0 Å². The van der Waals surface area contributed by atoms with Gasteiger partial charge in [0.05, 0.1) is 0 Å². The summed E-state index contributed by atoms with van der Waals surface area (Å²) >= 11 is 0. The summed E-state index contributed by atoms with van der Waals surface area (Å²) in [5.74, 6) is 1.47. The van der Waals surface area contributed by atoms with Crippen molar-refractivity contribution >= 4 is 10.8 Å². The Morgan fingerprint density at radius 2 is 2.14 bits per heavy atom. The van der Waals surface area contributed by atoms with Crippen molar-refractivity contribution in [2.75, 3.05) is 0 Å². The largest absolute Gasteiger partial charge is 0.486 e. The SMILES string of the molecule is CC(C)=CCC[C@]1(C)Oc2c(ccc3cnccc23)[C@@H]1C. The molecule has 2 aromatic rings. The average molecular weight is 281 g/mol. The molecule has 0 spiro atoms. The Balaban J connectivity index is 1.95. The molecule has 0 radical (unpaired) electrons. The molecule has 2 heterocycles. The van der Waals surface area contributed by atoms with Crippen molar-refractivity contribution in [1.29, 1.82) is 0 Å². The minimum Gasteiger partial charge on any atom is -0.486 e. The number of fused-ring (bicyclic) bond motifs is 3. The number of ether oxygens (including phenoxy) is 1. The Labute approximate surface area is 126 Å². The third-order valence-electron chi connectivity index (χ3n) is 4.71. The molecule has 0 N–H and O–H groups in total. The second kappa shape index (κ2) is 5.18. The van der Waals surface area contributed by atoms with Crippen LogP contribution >= 0.6 is 0 Å². The summed E-state index contributed by atoms with van der Waals surface area (Å²) in [7, 11) is 0. The van der Waals surface area contributed by atoms with Crippen LogP contribution < -0.4 is 4.74 Å². The number of nitrogens with zero attached hydrogens (tertiary/aromatic N) is 1. The maximum absolute atomic E-state index is 6.44. The van der Waals surface area contributed by atoms with E-state index in [1.165, 1.54) is 16.5 Å². The second-order valence-electron chi connectivity index (χ2n) is 6.54. The van der Waals surface area contributed by atoms with E-state index in [2.05, 4.69) is 57.0 Å². The summed E-state index contributed by atoms with van der Waals surface area (Å²) < 4.78 is 6.44. The van der Waals surface area contributed by atoms with Crippen molar-refractivity contribution in [3.8, 4) is 5.75 Å². The van der Waals surface area contributed by atoms with Gasteiger partial charge in [0.25, 0.3) is 0 Å². The van der Waals surface area contributed by atoms with Crippen LogP contribution in [0.5, 0.6) is 5.75 Å². The molecule has 1 aliphatic rings. The highest BCUT2D eigenvalue weighted by molar-refractivity contribution is 5.89. The normalized spacial score (nSPS) is 23.7. The Morgan fingerprint density at radius 3 is 2.90 bits per heavy atom. The van der Waals surface area contributed by atoms with Gasteiger partial charge < -0.3 is 4.74 Å². The van der Waals surface area contributed by atoms with Gasteiger partial charge in [0.15, 0.2) is 0 Å². The number of aromatic nitrogens is 1. The van der Waals surface area contributed by atoms with Crippen LogP contribution in [0.2, 0.25) is 0 Å². The molecule has 1 aliphatic heterocycles. The number of pyridine rings is 1. The molecule has 110 valence electrons. The number of benzene rings is 1. The van der Waals surface area contributed by atoms with Crippen molar-refractivity contribution in [3.63, 3.8) is 0 Å². The van der Waals surface area contributed by atoms with E-state index in [-0.39, 0.29) is 5.60 Å². The van der Waals surface area contributed by atoms with Crippen molar-refractivity contribution in [3.05, 3.63) is 47.8 Å². The summed E-state index contributed by atoms with van der Waals surface area (Å²) in [5, 5.41) is 2.33. The fourth-order valence-electron chi connectivity index (χ4n) is 3.18. The molecule has 0 aliphatic carbocycles. The van der Waals surface area contributed by atoms with Crippen LogP contribution in [0.3, 0.4) is 0 Å². The zero-order valence-corrected chi connectivity index (χ0v) is 13.3. The average Bonchev–Trinajstić information content (AvgIpc) is 2.71. The molecule has 0 amide bonds. The minimum absolute atomic E-state index is 0.119. The number of hydrogen-bond donors (Lipinski definition) is 0. The Kier molecular flexibility index (Phi) is 3.48. The van der Waals surface area contributed by atoms with Gasteiger partial charge in [-0.1, -0.05) is 30.7 Å². The maximum Gasteiger partial charge on any atom is 0.131 e. The van der Waals surface area contributed by atoms with Crippen LogP contribution in [0.4, 0.5) is 0 Å². The third kappa shape index (κ3) is 2.44. The smallest absolute Gasteiger partial charge is 0.131 e. The van der Waals surface area contributed by atoms with Crippen LogP contribution in [-0.2, 0) is 0 Å². The lowest BCUT2D eigenvalue weighted by Crippen LogP contribution is -2.32. The van der Waals surface area contributed by atoms with Crippen molar-refractivity contribution in [2.24, 2.45) is 0 Å². The van der Waals surface area contributed by atoms with Crippen LogP contribution in [-0.4, -0.2) is 10.6 Å². The van der Waals surface area contributed by atoms with E-state index >= 15 is 0 Å².